The molecule has 1 heterocycles. The standard InChI is InChI=1S/C16H21NO4/c1-16(2,3)21-15(20)17-12(10-14(18)19)9-8-11-6-4-5-7-13(11)17/h4-7,12H,8-10H2,1-3H3,(H,18,19). The molecule has 0 saturated heterocycles. The number of ether oxygens (including phenoxy) is 1. The molecule has 1 N–H and O–H groups in total. The van der Waals surface area contributed by atoms with Crippen molar-refractivity contribution in [2.45, 2.75) is 51.7 Å². The predicted octanol–water partition coefficient (Wildman–Crippen LogP) is 3.22. The average Bonchev–Trinajstić information content (AvgIpc) is 2.35. The minimum absolute atomic E-state index is 0.0758. The molecule has 1 aromatic rings. The Morgan fingerprint density at radius 1 is 1.33 bits per heavy atom. The molecule has 0 aliphatic carbocycles. The summed E-state index contributed by atoms with van der Waals surface area (Å²) in [6.07, 6.45) is 0.838. The third-order valence-electron chi connectivity index (χ3n) is 3.36. The lowest BCUT2D eigenvalue weighted by Crippen LogP contribution is -2.47. The Kier molecular flexibility index (Phi) is 4.21. The largest absolute Gasteiger partial charge is 0.481 e. The molecule has 0 radical (unpaired) electrons. The van der Waals surface area contributed by atoms with Crippen LogP contribution < -0.4 is 4.90 Å². The van der Waals surface area contributed by atoms with Gasteiger partial charge in [-0.25, -0.2) is 4.79 Å². The van der Waals surface area contributed by atoms with Gasteiger partial charge in [0.15, 0.2) is 0 Å². The Balaban J connectivity index is 2.34. The van der Waals surface area contributed by atoms with Crippen LogP contribution in [-0.4, -0.2) is 28.8 Å². The van der Waals surface area contributed by atoms with Crippen molar-refractivity contribution < 1.29 is 19.4 Å². The first-order valence-electron chi connectivity index (χ1n) is 7.10. The van der Waals surface area contributed by atoms with Crippen LogP contribution in [0, 0.1) is 0 Å². The van der Waals surface area contributed by atoms with Gasteiger partial charge in [0, 0.05) is 0 Å². The van der Waals surface area contributed by atoms with Crippen LogP contribution in [0.3, 0.4) is 0 Å². The first-order chi connectivity index (χ1) is 9.78. The van der Waals surface area contributed by atoms with E-state index in [2.05, 4.69) is 0 Å². The zero-order valence-electron chi connectivity index (χ0n) is 12.6. The van der Waals surface area contributed by atoms with E-state index < -0.39 is 17.7 Å². The molecule has 114 valence electrons. The van der Waals surface area contributed by atoms with Crippen molar-refractivity contribution in [3.8, 4) is 0 Å². The zero-order valence-corrected chi connectivity index (χ0v) is 12.6. The third kappa shape index (κ3) is 3.74. The van der Waals surface area contributed by atoms with E-state index >= 15 is 0 Å². The first-order valence-corrected chi connectivity index (χ1v) is 7.10. The van der Waals surface area contributed by atoms with Crippen molar-refractivity contribution in [3.05, 3.63) is 29.8 Å². The summed E-state index contributed by atoms with van der Waals surface area (Å²) >= 11 is 0. The van der Waals surface area contributed by atoms with Crippen LogP contribution in [0.5, 0.6) is 0 Å². The molecule has 0 spiro atoms. The summed E-state index contributed by atoms with van der Waals surface area (Å²) in [7, 11) is 0. The van der Waals surface area contributed by atoms with Crippen LogP contribution in [0.25, 0.3) is 0 Å². The Hall–Kier alpha value is -2.04. The summed E-state index contributed by atoms with van der Waals surface area (Å²) in [5, 5.41) is 9.07. The van der Waals surface area contributed by atoms with Gasteiger partial charge in [-0.05, 0) is 45.2 Å². The fraction of sp³-hybridized carbons (Fsp3) is 0.500. The highest BCUT2D eigenvalue weighted by Crippen LogP contribution is 2.33. The monoisotopic (exact) mass is 291 g/mol. The van der Waals surface area contributed by atoms with E-state index in [1.54, 1.807) is 20.8 Å². The van der Waals surface area contributed by atoms with Crippen LogP contribution in [0.15, 0.2) is 24.3 Å². The molecule has 1 amide bonds. The number of hydrogen-bond donors (Lipinski definition) is 1. The summed E-state index contributed by atoms with van der Waals surface area (Å²) in [5.41, 5.74) is 1.19. The van der Waals surface area contributed by atoms with E-state index in [4.69, 9.17) is 9.84 Å². The predicted molar refractivity (Wildman–Crippen MR) is 79.5 cm³/mol. The van der Waals surface area contributed by atoms with Gasteiger partial charge < -0.3 is 9.84 Å². The van der Waals surface area contributed by atoms with Crippen molar-refractivity contribution in [3.63, 3.8) is 0 Å². The zero-order chi connectivity index (χ0) is 15.6. The van der Waals surface area contributed by atoms with Crippen molar-refractivity contribution in [1.82, 2.24) is 0 Å². The van der Waals surface area contributed by atoms with E-state index in [1.807, 2.05) is 24.3 Å². The Morgan fingerprint density at radius 2 is 2.00 bits per heavy atom. The number of aliphatic carboxylic acids is 1. The number of nitrogens with zero attached hydrogens (tertiary/aromatic N) is 1. The molecule has 5 heteroatoms. The van der Waals surface area contributed by atoms with Crippen LogP contribution >= 0.6 is 0 Å². The molecule has 1 unspecified atom stereocenters. The summed E-state index contributed by atoms with van der Waals surface area (Å²) in [6.45, 7) is 5.40. The summed E-state index contributed by atoms with van der Waals surface area (Å²) in [6, 6.07) is 7.20. The highest BCUT2D eigenvalue weighted by atomic mass is 16.6. The Labute approximate surface area is 124 Å². The van der Waals surface area contributed by atoms with E-state index in [1.165, 1.54) is 4.90 Å². The normalized spacial score (nSPS) is 18.0. The molecule has 1 aliphatic rings. The van der Waals surface area contributed by atoms with Crippen LogP contribution in [-0.2, 0) is 16.0 Å². The van der Waals surface area contributed by atoms with Crippen molar-refractivity contribution >= 4 is 17.7 Å². The van der Waals surface area contributed by atoms with Gasteiger partial charge in [0.05, 0.1) is 18.2 Å². The summed E-state index contributed by atoms with van der Waals surface area (Å²) in [5.74, 6) is -0.909. The molecular formula is C16H21NO4. The lowest BCUT2D eigenvalue weighted by atomic mass is 9.94. The molecule has 21 heavy (non-hydrogen) atoms. The topological polar surface area (TPSA) is 66.8 Å². The van der Waals surface area contributed by atoms with Crippen LogP contribution in [0.2, 0.25) is 0 Å². The number of carbonyl (C=O) groups excluding carboxylic acids is 1. The summed E-state index contributed by atoms with van der Waals surface area (Å²) < 4.78 is 5.44. The van der Waals surface area contributed by atoms with Gasteiger partial charge in [-0.2, -0.15) is 0 Å². The van der Waals surface area contributed by atoms with Gasteiger partial charge in [-0.1, -0.05) is 18.2 Å². The first kappa shape index (κ1) is 15.4. The molecular weight excluding hydrogens is 270 g/mol. The van der Waals surface area contributed by atoms with Gasteiger partial charge in [0.1, 0.15) is 5.60 Å². The molecule has 0 aromatic heterocycles. The maximum absolute atomic E-state index is 12.5. The number of para-hydroxylation sites is 1. The number of carbonyl (C=O) groups is 2. The molecule has 1 atom stereocenters. The Bertz CT molecular complexity index is 547. The Morgan fingerprint density at radius 3 is 2.62 bits per heavy atom. The highest BCUT2D eigenvalue weighted by molar-refractivity contribution is 5.91. The molecule has 1 aliphatic heterocycles. The smallest absolute Gasteiger partial charge is 0.415 e. The number of carboxylic acid groups (broad SMARTS) is 1. The SMILES string of the molecule is CC(C)(C)OC(=O)N1c2ccccc2CCC1CC(=O)O. The van der Waals surface area contributed by atoms with Crippen molar-refractivity contribution in [2.75, 3.05) is 4.90 Å². The van der Waals surface area contributed by atoms with E-state index in [-0.39, 0.29) is 12.5 Å². The number of fused-ring (bicyclic) bond motifs is 1. The number of amides is 1. The highest BCUT2D eigenvalue weighted by Gasteiger charge is 2.34. The second kappa shape index (κ2) is 5.76. The molecule has 0 fully saturated rings. The quantitative estimate of drug-likeness (QED) is 0.908. The fourth-order valence-electron chi connectivity index (χ4n) is 2.56. The molecule has 0 saturated carbocycles. The fourth-order valence-corrected chi connectivity index (χ4v) is 2.56. The van der Waals surface area contributed by atoms with Gasteiger partial charge in [-0.3, -0.25) is 9.69 Å². The second-order valence-electron chi connectivity index (χ2n) is 6.27. The minimum Gasteiger partial charge on any atom is -0.481 e. The van der Waals surface area contributed by atoms with Crippen LogP contribution in [0.1, 0.15) is 39.2 Å². The number of anilines is 1. The second-order valence-corrected chi connectivity index (χ2v) is 6.27. The van der Waals surface area contributed by atoms with Crippen molar-refractivity contribution in [1.29, 1.82) is 0 Å². The lowest BCUT2D eigenvalue weighted by molar-refractivity contribution is -0.137. The maximum atomic E-state index is 12.5. The van der Waals surface area contributed by atoms with E-state index in [0.717, 1.165) is 17.7 Å². The molecule has 2 rings (SSSR count). The maximum Gasteiger partial charge on any atom is 0.415 e. The van der Waals surface area contributed by atoms with E-state index in [0.29, 0.717) is 6.42 Å². The lowest BCUT2D eigenvalue weighted by Gasteiger charge is -2.37. The van der Waals surface area contributed by atoms with Crippen LogP contribution in [0.4, 0.5) is 10.5 Å². The van der Waals surface area contributed by atoms with E-state index in [9.17, 15) is 9.59 Å². The molecule has 5 nitrogen and oxygen atoms in total. The number of benzene rings is 1. The number of hydrogen-bond acceptors (Lipinski definition) is 3. The van der Waals surface area contributed by atoms with Gasteiger partial charge >= 0.3 is 12.1 Å². The number of carboxylic acids is 1. The van der Waals surface area contributed by atoms with Gasteiger partial charge in [-0.15, -0.1) is 0 Å². The number of aryl methyl sites for hydroxylation is 1. The van der Waals surface area contributed by atoms with Crippen molar-refractivity contribution in [2.24, 2.45) is 0 Å². The molecule has 0 bridgehead atoms. The molecule has 1 aromatic carbocycles. The number of rotatable bonds is 2. The average molecular weight is 291 g/mol. The summed E-state index contributed by atoms with van der Waals surface area (Å²) in [4.78, 5) is 25.0. The minimum atomic E-state index is -0.909. The van der Waals surface area contributed by atoms with Gasteiger partial charge in [0.2, 0.25) is 0 Å². The van der Waals surface area contributed by atoms with Gasteiger partial charge in [0.25, 0.3) is 0 Å². The third-order valence-corrected chi connectivity index (χ3v) is 3.36.